The van der Waals surface area contributed by atoms with Crippen molar-refractivity contribution < 1.29 is 33.4 Å². The number of anilines is 1. The fourth-order valence-electron chi connectivity index (χ4n) is 2.40. The lowest BCUT2D eigenvalue weighted by molar-refractivity contribution is -0.118. The van der Waals surface area contributed by atoms with E-state index < -0.39 is 17.8 Å². The Labute approximate surface area is 171 Å². The largest absolute Gasteiger partial charge is 0.484 e. The van der Waals surface area contributed by atoms with Crippen molar-refractivity contribution in [3.05, 3.63) is 45.8 Å². The van der Waals surface area contributed by atoms with Gasteiger partial charge in [0.2, 0.25) is 0 Å². The van der Waals surface area contributed by atoms with Gasteiger partial charge in [0.15, 0.2) is 6.61 Å². The normalized spacial score (nSPS) is 10.2. The first-order chi connectivity index (χ1) is 13.9. The molecule has 1 aromatic heterocycles. The van der Waals surface area contributed by atoms with Crippen molar-refractivity contribution in [3.8, 4) is 5.75 Å². The number of rotatable bonds is 9. The topological polar surface area (TPSA) is 108 Å². The fourth-order valence-corrected chi connectivity index (χ4v) is 3.50. The zero-order valence-electron chi connectivity index (χ0n) is 16.3. The standard InChI is InChI=1S/C20H21NO7S/c1-4-26-19(24)16-12(3)17(20(25)27-5-2)29-18(16)21-15(23)11-28-14-8-6-13(10-22)7-9-14/h6-10H,4-5,11H2,1-3H3,(H,21,23). The highest BCUT2D eigenvalue weighted by Crippen LogP contribution is 2.34. The summed E-state index contributed by atoms with van der Waals surface area (Å²) >= 11 is 0.942. The summed E-state index contributed by atoms with van der Waals surface area (Å²) in [5.74, 6) is -1.33. The monoisotopic (exact) mass is 419 g/mol. The molecule has 29 heavy (non-hydrogen) atoms. The van der Waals surface area contributed by atoms with Gasteiger partial charge in [-0.25, -0.2) is 9.59 Å². The number of benzene rings is 1. The Morgan fingerprint density at radius 2 is 1.66 bits per heavy atom. The maximum absolute atomic E-state index is 12.3. The Morgan fingerprint density at radius 3 is 2.24 bits per heavy atom. The van der Waals surface area contributed by atoms with Gasteiger partial charge < -0.3 is 19.5 Å². The van der Waals surface area contributed by atoms with Gasteiger partial charge >= 0.3 is 11.9 Å². The van der Waals surface area contributed by atoms with Crippen LogP contribution in [-0.2, 0) is 14.3 Å². The highest BCUT2D eigenvalue weighted by atomic mass is 32.1. The van der Waals surface area contributed by atoms with Crippen LogP contribution in [0.5, 0.6) is 5.75 Å². The molecule has 2 rings (SSSR count). The second kappa shape index (κ2) is 10.4. The predicted octanol–water partition coefficient (Wildman–Crippen LogP) is 3.24. The average Bonchev–Trinajstić information content (AvgIpc) is 3.03. The fraction of sp³-hybridized carbons (Fsp3) is 0.300. The molecular weight excluding hydrogens is 398 g/mol. The Hall–Kier alpha value is -3.20. The van der Waals surface area contributed by atoms with Crippen molar-refractivity contribution >= 4 is 40.5 Å². The van der Waals surface area contributed by atoms with E-state index >= 15 is 0 Å². The van der Waals surface area contributed by atoms with Crippen molar-refractivity contribution in [2.75, 3.05) is 25.1 Å². The minimum atomic E-state index is -0.641. The Balaban J connectivity index is 2.16. The third-order valence-corrected chi connectivity index (χ3v) is 4.91. The number of nitrogens with one attached hydrogen (secondary N) is 1. The second-order valence-electron chi connectivity index (χ2n) is 5.72. The van der Waals surface area contributed by atoms with Gasteiger partial charge in [0.05, 0.1) is 18.8 Å². The molecule has 0 fully saturated rings. The number of esters is 2. The molecule has 0 radical (unpaired) electrons. The van der Waals surface area contributed by atoms with Crippen molar-refractivity contribution in [3.63, 3.8) is 0 Å². The van der Waals surface area contributed by atoms with E-state index in [1.165, 1.54) is 0 Å². The van der Waals surface area contributed by atoms with Gasteiger partial charge in [-0.05, 0) is 50.6 Å². The van der Waals surface area contributed by atoms with Crippen LogP contribution in [0.15, 0.2) is 24.3 Å². The van der Waals surface area contributed by atoms with E-state index in [4.69, 9.17) is 14.2 Å². The Morgan fingerprint density at radius 1 is 1.03 bits per heavy atom. The molecule has 154 valence electrons. The average molecular weight is 419 g/mol. The van der Waals surface area contributed by atoms with Gasteiger partial charge in [-0.1, -0.05) is 0 Å². The van der Waals surface area contributed by atoms with Crippen LogP contribution in [0, 0.1) is 6.92 Å². The first kappa shape index (κ1) is 22.1. The number of carbonyl (C=O) groups excluding carboxylic acids is 4. The molecule has 0 aliphatic heterocycles. The quantitative estimate of drug-likeness (QED) is 0.491. The summed E-state index contributed by atoms with van der Waals surface area (Å²) < 4.78 is 15.4. The number of aldehydes is 1. The van der Waals surface area contributed by atoms with Gasteiger partial charge in [-0.2, -0.15) is 0 Å². The molecule has 0 saturated carbocycles. The van der Waals surface area contributed by atoms with Gasteiger partial charge in [0.25, 0.3) is 5.91 Å². The number of amides is 1. The SMILES string of the molecule is CCOC(=O)c1sc(NC(=O)COc2ccc(C=O)cc2)c(C(=O)OCC)c1C. The first-order valence-corrected chi connectivity index (χ1v) is 9.68. The molecule has 0 spiro atoms. The van der Waals surface area contributed by atoms with Crippen molar-refractivity contribution in [1.82, 2.24) is 0 Å². The highest BCUT2D eigenvalue weighted by Gasteiger charge is 2.27. The Bertz CT molecular complexity index is 902. The minimum Gasteiger partial charge on any atom is -0.484 e. The van der Waals surface area contributed by atoms with E-state index in [1.54, 1.807) is 45.0 Å². The summed E-state index contributed by atoms with van der Waals surface area (Å²) in [7, 11) is 0. The van der Waals surface area contributed by atoms with Crippen LogP contribution < -0.4 is 10.1 Å². The van der Waals surface area contributed by atoms with Crippen LogP contribution >= 0.6 is 11.3 Å². The molecule has 0 aliphatic rings. The Kier molecular flexibility index (Phi) is 7.90. The van der Waals surface area contributed by atoms with Gasteiger partial charge in [0.1, 0.15) is 21.9 Å². The number of thiophene rings is 1. The molecule has 0 saturated heterocycles. The van der Waals surface area contributed by atoms with E-state index in [0.29, 0.717) is 23.2 Å². The minimum absolute atomic E-state index is 0.114. The summed E-state index contributed by atoms with van der Waals surface area (Å²) in [6, 6.07) is 6.26. The lowest BCUT2D eigenvalue weighted by Crippen LogP contribution is -2.21. The molecule has 9 heteroatoms. The molecule has 0 bridgehead atoms. The molecule has 0 atom stereocenters. The molecular formula is C20H21NO7S. The van der Waals surface area contributed by atoms with Gasteiger partial charge in [0, 0.05) is 5.56 Å². The number of hydrogen-bond acceptors (Lipinski definition) is 8. The smallest absolute Gasteiger partial charge is 0.348 e. The third-order valence-electron chi connectivity index (χ3n) is 3.73. The summed E-state index contributed by atoms with van der Waals surface area (Å²) in [5, 5.41) is 2.78. The van der Waals surface area contributed by atoms with E-state index in [1.807, 2.05) is 0 Å². The van der Waals surface area contributed by atoms with E-state index in [9.17, 15) is 19.2 Å². The zero-order valence-corrected chi connectivity index (χ0v) is 17.1. The first-order valence-electron chi connectivity index (χ1n) is 8.86. The van der Waals surface area contributed by atoms with Gasteiger partial charge in [-0.15, -0.1) is 11.3 Å². The molecule has 1 aromatic carbocycles. The molecule has 0 aliphatic carbocycles. The summed E-state index contributed by atoms with van der Waals surface area (Å²) in [5.41, 5.74) is 0.984. The number of hydrogen-bond donors (Lipinski definition) is 1. The van der Waals surface area contributed by atoms with Crippen LogP contribution in [0.25, 0.3) is 0 Å². The number of carbonyl (C=O) groups is 4. The van der Waals surface area contributed by atoms with Crippen LogP contribution in [0.1, 0.15) is 49.8 Å². The second-order valence-corrected chi connectivity index (χ2v) is 6.75. The maximum Gasteiger partial charge on any atom is 0.348 e. The molecule has 1 heterocycles. The summed E-state index contributed by atoms with van der Waals surface area (Å²) in [4.78, 5) is 47.6. The maximum atomic E-state index is 12.3. The van der Waals surface area contributed by atoms with Gasteiger partial charge in [-0.3, -0.25) is 9.59 Å². The van der Waals surface area contributed by atoms with E-state index in [0.717, 1.165) is 11.3 Å². The molecule has 2 aromatic rings. The number of ether oxygens (including phenoxy) is 3. The molecule has 8 nitrogen and oxygen atoms in total. The lowest BCUT2D eigenvalue weighted by Gasteiger charge is -2.08. The summed E-state index contributed by atoms with van der Waals surface area (Å²) in [6.07, 6.45) is 0.702. The van der Waals surface area contributed by atoms with Crippen LogP contribution in [-0.4, -0.2) is 44.0 Å². The lowest BCUT2D eigenvalue weighted by atomic mass is 10.1. The van der Waals surface area contributed by atoms with Crippen molar-refractivity contribution in [2.45, 2.75) is 20.8 Å². The highest BCUT2D eigenvalue weighted by molar-refractivity contribution is 7.18. The third kappa shape index (κ3) is 5.64. The van der Waals surface area contributed by atoms with Crippen LogP contribution in [0.2, 0.25) is 0 Å². The molecule has 1 amide bonds. The molecule has 0 unspecified atom stereocenters. The predicted molar refractivity (Wildman–Crippen MR) is 107 cm³/mol. The zero-order chi connectivity index (χ0) is 21.4. The van der Waals surface area contributed by atoms with Crippen LogP contribution in [0.4, 0.5) is 5.00 Å². The van der Waals surface area contributed by atoms with Crippen molar-refractivity contribution in [1.29, 1.82) is 0 Å². The van der Waals surface area contributed by atoms with Crippen LogP contribution in [0.3, 0.4) is 0 Å². The van der Waals surface area contributed by atoms with E-state index in [2.05, 4.69) is 5.32 Å². The molecule has 1 N–H and O–H groups in total. The van der Waals surface area contributed by atoms with Crippen molar-refractivity contribution in [2.24, 2.45) is 0 Å². The van der Waals surface area contributed by atoms with E-state index in [-0.39, 0.29) is 35.3 Å². The summed E-state index contributed by atoms with van der Waals surface area (Å²) in [6.45, 7) is 4.94.